The summed E-state index contributed by atoms with van der Waals surface area (Å²) < 4.78 is 10.3. The molecule has 140 valence electrons. The third-order valence-electron chi connectivity index (χ3n) is 4.61. The van der Waals surface area contributed by atoms with Crippen LogP contribution in [0.25, 0.3) is 0 Å². The summed E-state index contributed by atoms with van der Waals surface area (Å²) in [5.74, 6) is -2.71. The number of methoxy groups -OCH3 is 1. The molecule has 2 aliphatic rings. The smallest absolute Gasteiger partial charge is 0.325 e. The number of carbonyl (C=O) groups excluding carboxylic acids is 3. The zero-order valence-corrected chi connectivity index (χ0v) is 14.5. The van der Waals surface area contributed by atoms with Gasteiger partial charge in [-0.2, -0.15) is 0 Å². The van der Waals surface area contributed by atoms with Crippen molar-refractivity contribution in [3.8, 4) is 0 Å². The summed E-state index contributed by atoms with van der Waals surface area (Å²) >= 11 is 0. The summed E-state index contributed by atoms with van der Waals surface area (Å²) in [6.07, 6.45) is -0.371. The minimum atomic E-state index is -2.02. The predicted molar refractivity (Wildman–Crippen MR) is 85.2 cm³/mol. The van der Waals surface area contributed by atoms with Gasteiger partial charge in [-0.05, 0) is 26.2 Å². The van der Waals surface area contributed by atoms with Crippen LogP contribution >= 0.6 is 0 Å². The molecule has 1 saturated carbocycles. The lowest BCUT2D eigenvalue weighted by Crippen LogP contribution is -2.57. The molecule has 0 aromatic carbocycles. The van der Waals surface area contributed by atoms with E-state index in [0.29, 0.717) is 0 Å². The quantitative estimate of drug-likeness (QED) is 0.292. The molecule has 0 radical (unpaired) electrons. The maximum Gasteiger partial charge on any atom is 0.325 e. The first-order valence-electron chi connectivity index (χ1n) is 8.05. The molecule has 0 aromatic heterocycles. The maximum absolute atomic E-state index is 12.6. The summed E-state index contributed by atoms with van der Waals surface area (Å²) in [6, 6.07) is -1.03. The number of hydrogen-bond donors (Lipinski definition) is 4. The number of nitrogens with two attached hydrogens (primary N) is 1. The summed E-state index contributed by atoms with van der Waals surface area (Å²) in [5, 5.41) is 23.7. The van der Waals surface area contributed by atoms with Gasteiger partial charge in [0.15, 0.2) is 11.5 Å². The molecule has 1 heterocycles. The number of aliphatic hydroxyl groups is 2. The van der Waals surface area contributed by atoms with Crippen LogP contribution in [0, 0.1) is 0 Å². The van der Waals surface area contributed by atoms with E-state index in [1.165, 1.54) is 21.0 Å². The van der Waals surface area contributed by atoms with Crippen LogP contribution in [0.1, 0.15) is 39.5 Å². The molecule has 1 amide bonds. The minimum Gasteiger partial charge on any atom is -0.506 e. The number of aliphatic hydroxyl groups excluding tert-OH is 1. The van der Waals surface area contributed by atoms with Crippen molar-refractivity contribution >= 4 is 17.7 Å². The lowest BCUT2D eigenvalue weighted by Gasteiger charge is -2.39. The highest BCUT2D eigenvalue weighted by atomic mass is 16.6. The van der Waals surface area contributed by atoms with Gasteiger partial charge >= 0.3 is 5.97 Å². The number of ketones is 1. The molecule has 0 unspecified atom stereocenters. The molecule has 4 atom stereocenters. The van der Waals surface area contributed by atoms with Crippen LogP contribution in [0.5, 0.6) is 0 Å². The number of amides is 1. The summed E-state index contributed by atoms with van der Waals surface area (Å²) in [7, 11) is 1.34. The largest absolute Gasteiger partial charge is 0.506 e. The van der Waals surface area contributed by atoms with Gasteiger partial charge in [0.2, 0.25) is 11.6 Å². The summed E-state index contributed by atoms with van der Waals surface area (Å²) in [5.41, 5.74) is 1.61. The fourth-order valence-corrected chi connectivity index (χ4v) is 3.07. The van der Waals surface area contributed by atoms with Gasteiger partial charge in [0.25, 0.3) is 0 Å². The Bertz CT molecular complexity index is 628. The molecule has 2 fully saturated rings. The minimum absolute atomic E-state index is 0.0422. The zero-order valence-electron chi connectivity index (χ0n) is 14.5. The van der Waals surface area contributed by atoms with Gasteiger partial charge < -0.3 is 30.7 Å². The Labute approximate surface area is 145 Å². The van der Waals surface area contributed by atoms with Gasteiger partial charge in [-0.3, -0.25) is 14.4 Å². The van der Waals surface area contributed by atoms with E-state index in [-0.39, 0.29) is 31.3 Å². The van der Waals surface area contributed by atoms with Crippen molar-refractivity contribution in [2.24, 2.45) is 5.73 Å². The molecule has 9 nitrogen and oxygen atoms in total. The zero-order chi connectivity index (χ0) is 19.0. The van der Waals surface area contributed by atoms with E-state index in [1.807, 2.05) is 0 Å². The van der Waals surface area contributed by atoms with E-state index < -0.39 is 46.9 Å². The second-order valence-corrected chi connectivity index (χ2v) is 6.77. The van der Waals surface area contributed by atoms with Gasteiger partial charge in [0, 0.05) is 20.5 Å². The van der Waals surface area contributed by atoms with Crippen molar-refractivity contribution in [1.29, 1.82) is 0 Å². The topological polar surface area (TPSA) is 148 Å². The number of nitrogens with one attached hydrogen (secondary N) is 1. The number of Topliss-reactive ketones (excluding diaryl/α,β-unsaturated/α-hetero) is 1. The Morgan fingerprint density at radius 1 is 1.32 bits per heavy atom. The number of carbonyl (C=O) groups is 3. The number of rotatable bonds is 2. The van der Waals surface area contributed by atoms with Crippen LogP contribution in [-0.2, 0) is 23.9 Å². The summed E-state index contributed by atoms with van der Waals surface area (Å²) in [6.45, 7) is 2.59. The van der Waals surface area contributed by atoms with Crippen LogP contribution in [0.2, 0.25) is 0 Å². The van der Waals surface area contributed by atoms with E-state index in [1.54, 1.807) is 0 Å². The molecule has 2 rings (SSSR count). The van der Waals surface area contributed by atoms with E-state index in [4.69, 9.17) is 15.2 Å². The molecule has 0 spiro atoms. The van der Waals surface area contributed by atoms with Gasteiger partial charge in [-0.1, -0.05) is 0 Å². The van der Waals surface area contributed by atoms with Crippen molar-refractivity contribution < 1.29 is 34.1 Å². The third-order valence-corrected chi connectivity index (χ3v) is 4.61. The molecule has 1 aliphatic carbocycles. The Morgan fingerprint density at radius 2 is 1.96 bits per heavy atom. The van der Waals surface area contributed by atoms with E-state index in [9.17, 15) is 24.6 Å². The first-order chi connectivity index (χ1) is 11.5. The second-order valence-electron chi connectivity index (χ2n) is 6.77. The number of cyclic esters (lactones) is 1. The van der Waals surface area contributed by atoms with Crippen molar-refractivity contribution in [3.05, 3.63) is 11.3 Å². The molecular weight excluding hydrogens is 332 g/mol. The Morgan fingerprint density at radius 3 is 2.56 bits per heavy atom. The van der Waals surface area contributed by atoms with Crippen molar-refractivity contribution in [2.75, 3.05) is 7.11 Å². The first-order valence-corrected chi connectivity index (χ1v) is 8.05. The monoisotopic (exact) mass is 356 g/mol. The fraction of sp³-hybridized carbons (Fsp3) is 0.688. The average molecular weight is 356 g/mol. The molecule has 5 N–H and O–H groups in total. The van der Waals surface area contributed by atoms with Crippen molar-refractivity contribution in [1.82, 2.24) is 5.32 Å². The highest BCUT2D eigenvalue weighted by molar-refractivity contribution is 6.02. The first kappa shape index (κ1) is 19.4. The average Bonchev–Trinajstić information content (AvgIpc) is 2.51. The van der Waals surface area contributed by atoms with Gasteiger partial charge in [-0.15, -0.1) is 0 Å². The summed E-state index contributed by atoms with van der Waals surface area (Å²) in [4.78, 5) is 36.6. The Kier molecular flexibility index (Phi) is 5.22. The lowest BCUT2D eigenvalue weighted by atomic mass is 9.77. The van der Waals surface area contributed by atoms with Crippen LogP contribution in [-0.4, -0.2) is 58.5 Å². The standard InChI is InChI=1S/C16H24N2O7/c1-15(23)7-6-9(24-3)12(20)11(15)13(21)16(2)18-10(19)5-4-8(17)14(22)25-16/h8-9,21,23H,4-7,17H2,1-3H3,(H,18,19)/t8-,9+,15-,16-/m1/s1. The maximum atomic E-state index is 12.6. The lowest BCUT2D eigenvalue weighted by molar-refractivity contribution is -0.167. The second kappa shape index (κ2) is 6.74. The predicted octanol–water partition coefficient (Wildman–Crippen LogP) is -0.576. The Hall–Kier alpha value is -1.97. The van der Waals surface area contributed by atoms with Gasteiger partial charge in [0.05, 0.1) is 11.2 Å². The molecular formula is C16H24N2O7. The van der Waals surface area contributed by atoms with Crippen LogP contribution in [0.4, 0.5) is 0 Å². The van der Waals surface area contributed by atoms with Crippen molar-refractivity contribution in [3.63, 3.8) is 0 Å². The molecule has 0 aromatic rings. The van der Waals surface area contributed by atoms with Crippen LogP contribution in [0.3, 0.4) is 0 Å². The van der Waals surface area contributed by atoms with Gasteiger partial charge in [-0.25, -0.2) is 0 Å². The number of esters is 1. The molecule has 25 heavy (non-hydrogen) atoms. The van der Waals surface area contributed by atoms with Crippen molar-refractivity contribution in [2.45, 2.75) is 63.0 Å². The SMILES string of the molecule is CO[C@H]1CC[C@@](C)(O)C(=C(O)[C@]2(C)NC(=O)CC[C@@H](N)C(=O)O2)C1=O. The third kappa shape index (κ3) is 3.68. The Balaban J connectivity index is 2.53. The normalized spacial score (nSPS) is 39.2. The highest BCUT2D eigenvalue weighted by Gasteiger charge is 2.49. The van der Waals surface area contributed by atoms with Crippen LogP contribution < -0.4 is 11.1 Å². The molecule has 1 aliphatic heterocycles. The molecule has 0 bridgehead atoms. The van der Waals surface area contributed by atoms with E-state index in [0.717, 1.165) is 0 Å². The van der Waals surface area contributed by atoms with E-state index >= 15 is 0 Å². The van der Waals surface area contributed by atoms with Crippen LogP contribution in [0.15, 0.2) is 11.3 Å². The number of ether oxygens (including phenoxy) is 2. The molecule has 1 saturated heterocycles. The fourth-order valence-electron chi connectivity index (χ4n) is 3.07. The number of hydrogen-bond acceptors (Lipinski definition) is 8. The highest BCUT2D eigenvalue weighted by Crippen LogP contribution is 2.36. The van der Waals surface area contributed by atoms with Gasteiger partial charge in [0.1, 0.15) is 12.1 Å². The van der Waals surface area contributed by atoms with E-state index in [2.05, 4.69) is 5.32 Å². The molecule has 9 heteroatoms.